The van der Waals surface area contributed by atoms with E-state index < -0.39 is 17.9 Å². The van der Waals surface area contributed by atoms with E-state index in [1.165, 1.54) is 5.56 Å². The van der Waals surface area contributed by atoms with Gasteiger partial charge in [-0.25, -0.2) is 4.79 Å². The highest BCUT2D eigenvalue weighted by atomic mass is 16.4. The molecule has 0 radical (unpaired) electrons. The van der Waals surface area contributed by atoms with E-state index in [-0.39, 0.29) is 5.91 Å². The predicted octanol–water partition coefficient (Wildman–Crippen LogP) is 4.39. The molecule has 4 heteroatoms. The van der Waals surface area contributed by atoms with Gasteiger partial charge in [0.1, 0.15) is 6.04 Å². The molecule has 2 N–H and O–H groups in total. The summed E-state index contributed by atoms with van der Waals surface area (Å²) in [4.78, 5) is 24.9. The smallest absolute Gasteiger partial charge is 0.326 e. The summed E-state index contributed by atoms with van der Waals surface area (Å²) in [6.07, 6.45) is 1.88. The summed E-state index contributed by atoms with van der Waals surface area (Å²) in [7, 11) is 0. The maximum atomic E-state index is 13.1. The average molecular weight is 385 g/mol. The Morgan fingerprint density at radius 2 is 1.38 bits per heavy atom. The Labute approximate surface area is 170 Å². The lowest BCUT2D eigenvalue weighted by atomic mass is 9.95. The molecule has 146 valence electrons. The van der Waals surface area contributed by atoms with Gasteiger partial charge in [0.15, 0.2) is 0 Å². The zero-order valence-electron chi connectivity index (χ0n) is 16.0. The topological polar surface area (TPSA) is 66.4 Å². The summed E-state index contributed by atoms with van der Waals surface area (Å²) >= 11 is 0. The summed E-state index contributed by atoms with van der Waals surface area (Å²) in [5.41, 5.74) is 5.11. The van der Waals surface area contributed by atoms with E-state index in [0.29, 0.717) is 12.8 Å². The second-order valence-electron chi connectivity index (χ2n) is 7.38. The van der Waals surface area contributed by atoms with Crippen molar-refractivity contribution in [3.05, 3.63) is 95.6 Å². The average Bonchev–Trinajstić information content (AvgIpc) is 3.08. The van der Waals surface area contributed by atoms with E-state index in [4.69, 9.17) is 0 Å². The summed E-state index contributed by atoms with van der Waals surface area (Å²) in [6.45, 7) is 0. The molecule has 0 bridgehead atoms. The van der Waals surface area contributed by atoms with E-state index in [0.717, 1.165) is 28.7 Å². The van der Waals surface area contributed by atoms with Crippen LogP contribution in [0, 0.1) is 0 Å². The summed E-state index contributed by atoms with van der Waals surface area (Å²) in [5, 5.41) is 12.4. The van der Waals surface area contributed by atoms with Crippen molar-refractivity contribution in [3.63, 3.8) is 0 Å². The molecule has 4 rings (SSSR count). The molecule has 4 nitrogen and oxygen atoms in total. The standard InChI is InChI=1S/C25H23NO3/c27-24(26-22(25(28)29)16-8-11-17-9-2-1-3-10-17)23-20-14-6-4-12-18(20)19-13-5-7-15-21(19)23/h1-7,9-10,12-15,22-23H,8,11,16H2,(H,26,27)(H,28,29)/t22-/m1/s1. The normalized spacial score (nSPS) is 13.4. The van der Waals surface area contributed by atoms with Gasteiger partial charge in [0.2, 0.25) is 5.91 Å². The highest BCUT2D eigenvalue weighted by molar-refractivity contribution is 5.97. The zero-order valence-corrected chi connectivity index (χ0v) is 16.0. The minimum Gasteiger partial charge on any atom is -0.480 e. The number of carboxylic acids is 1. The number of fused-ring (bicyclic) bond motifs is 3. The van der Waals surface area contributed by atoms with Crippen molar-refractivity contribution < 1.29 is 14.7 Å². The summed E-state index contributed by atoms with van der Waals surface area (Å²) < 4.78 is 0. The van der Waals surface area contributed by atoms with Crippen LogP contribution in [0.5, 0.6) is 0 Å². The molecule has 3 aromatic carbocycles. The maximum Gasteiger partial charge on any atom is 0.326 e. The first-order valence-electron chi connectivity index (χ1n) is 9.90. The van der Waals surface area contributed by atoms with Crippen molar-refractivity contribution in [2.45, 2.75) is 31.2 Å². The van der Waals surface area contributed by atoms with Gasteiger partial charge in [0.05, 0.1) is 5.92 Å². The number of amides is 1. The number of benzene rings is 3. The van der Waals surface area contributed by atoms with Gasteiger partial charge >= 0.3 is 5.97 Å². The van der Waals surface area contributed by atoms with Crippen LogP contribution in [0.4, 0.5) is 0 Å². The second-order valence-corrected chi connectivity index (χ2v) is 7.38. The third kappa shape index (κ3) is 3.92. The van der Waals surface area contributed by atoms with Crippen molar-refractivity contribution in [1.82, 2.24) is 5.32 Å². The fourth-order valence-corrected chi connectivity index (χ4v) is 4.11. The Bertz CT molecular complexity index is 984. The van der Waals surface area contributed by atoms with Gasteiger partial charge in [-0.15, -0.1) is 0 Å². The minimum atomic E-state index is -0.994. The molecule has 0 heterocycles. The van der Waals surface area contributed by atoms with Crippen LogP contribution in [0.15, 0.2) is 78.9 Å². The summed E-state index contributed by atoms with van der Waals surface area (Å²) in [6, 6.07) is 24.7. The molecule has 0 spiro atoms. The number of hydrogen-bond acceptors (Lipinski definition) is 2. The molecule has 0 saturated carbocycles. The van der Waals surface area contributed by atoms with Crippen LogP contribution in [-0.4, -0.2) is 23.0 Å². The predicted molar refractivity (Wildman–Crippen MR) is 113 cm³/mol. The van der Waals surface area contributed by atoms with Crippen molar-refractivity contribution >= 4 is 11.9 Å². The third-order valence-corrected chi connectivity index (χ3v) is 5.51. The lowest BCUT2D eigenvalue weighted by Crippen LogP contribution is -2.43. The zero-order chi connectivity index (χ0) is 20.2. The van der Waals surface area contributed by atoms with E-state index in [1.54, 1.807) is 0 Å². The van der Waals surface area contributed by atoms with Gasteiger partial charge < -0.3 is 10.4 Å². The third-order valence-electron chi connectivity index (χ3n) is 5.51. The quantitative estimate of drug-likeness (QED) is 0.634. The van der Waals surface area contributed by atoms with Gasteiger partial charge in [-0.3, -0.25) is 4.79 Å². The Balaban J connectivity index is 1.49. The van der Waals surface area contributed by atoms with Crippen LogP contribution in [0.25, 0.3) is 11.1 Å². The maximum absolute atomic E-state index is 13.1. The molecule has 29 heavy (non-hydrogen) atoms. The first kappa shape index (κ1) is 18.9. The number of nitrogens with one attached hydrogen (secondary N) is 1. The van der Waals surface area contributed by atoms with Crippen LogP contribution >= 0.6 is 0 Å². The highest BCUT2D eigenvalue weighted by Crippen LogP contribution is 2.44. The molecule has 0 saturated heterocycles. The van der Waals surface area contributed by atoms with Crippen molar-refractivity contribution in [3.8, 4) is 11.1 Å². The Kier molecular flexibility index (Phi) is 5.43. The molecule has 3 aromatic rings. The molecular formula is C25H23NO3. The largest absolute Gasteiger partial charge is 0.480 e. The van der Waals surface area contributed by atoms with E-state index in [1.807, 2.05) is 78.9 Å². The fourth-order valence-electron chi connectivity index (χ4n) is 4.11. The van der Waals surface area contributed by atoms with Crippen molar-refractivity contribution in [1.29, 1.82) is 0 Å². The number of rotatable bonds is 7. The number of aliphatic carboxylic acids is 1. The second kappa shape index (κ2) is 8.31. The molecule has 0 aliphatic heterocycles. The molecular weight excluding hydrogens is 362 g/mol. The molecule has 1 amide bonds. The van der Waals surface area contributed by atoms with Gasteiger partial charge in [-0.05, 0) is 47.1 Å². The first-order chi connectivity index (χ1) is 14.1. The van der Waals surface area contributed by atoms with Crippen LogP contribution in [0.1, 0.15) is 35.4 Å². The Morgan fingerprint density at radius 3 is 1.97 bits per heavy atom. The number of carboxylic acid groups (broad SMARTS) is 1. The number of carbonyl (C=O) groups is 2. The molecule has 0 aromatic heterocycles. The Hall–Kier alpha value is -3.40. The minimum absolute atomic E-state index is 0.255. The summed E-state index contributed by atoms with van der Waals surface area (Å²) in [5.74, 6) is -1.72. The molecule has 1 aliphatic rings. The molecule has 0 fully saturated rings. The van der Waals surface area contributed by atoms with Crippen LogP contribution < -0.4 is 5.32 Å². The van der Waals surface area contributed by atoms with E-state index in [2.05, 4.69) is 5.32 Å². The fraction of sp³-hybridized carbons (Fsp3) is 0.200. The monoisotopic (exact) mass is 385 g/mol. The lowest BCUT2D eigenvalue weighted by Gasteiger charge is -2.19. The molecule has 1 atom stereocenters. The molecule has 1 aliphatic carbocycles. The first-order valence-corrected chi connectivity index (χ1v) is 9.90. The van der Waals surface area contributed by atoms with E-state index >= 15 is 0 Å². The highest BCUT2D eigenvalue weighted by Gasteiger charge is 2.35. The van der Waals surface area contributed by atoms with Crippen molar-refractivity contribution in [2.24, 2.45) is 0 Å². The SMILES string of the molecule is O=C(N[C@H](CCCc1ccccc1)C(=O)O)C1c2ccccc2-c2ccccc21. The number of hydrogen-bond donors (Lipinski definition) is 2. The lowest BCUT2D eigenvalue weighted by molar-refractivity contribution is -0.142. The van der Waals surface area contributed by atoms with Crippen molar-refractivity contribution in [2.75, 3.05) is 0 Å². The Morgan fingerprint density at radius 1 is 0.828 bits per heavy atom. The van der Waals surface area contributed by atoms with Gasteiger partial charge in [0, 0.05) is 0 Å². The van der Waals surface area contributed by atoms with Crippen LogP contribution in [0.3, 0.4) is 0 Å². The van der Waals surface area contributed by atoms with Gasteiger partial charge in [0.25, 0.3) is 0 Å². The number of aryl methyl sites for hydroxylation is 1. The van der Waals surface area contributed by atoms with Gasteiger partial charge in [-0.1, -0.05) is 78.9 Å². The van der Waals surface area contributed by atoms with Crippen LogP contribution in [-0.2, 0) is 16.0 Å². The number of carbonyl (C=O) groups excluding carboxylic acids is 1. The van der Waals surface area contributed by atoms with E-state index in [9.17, 15) is 14.7 Å². The van der Waals surface area contributed by atoms with Crippen LogP contribution in [0.2, 0.25) is 0 Å². The van der Waals surface area contributed by atoms with Gasteiger partial charge in [-0.2, -0.15) is 0 Å². The molecule has 0 unspecified atom stereocenters.